The Morgan fingerprint density at radius 3 is 2.26 bits per heavy atom. The van der Waals surface area contributed by atoms with Crippen LogP contribution in [0, 0.1) is 13.8 Å². The van der Waals surface area contributed by atoms with Crippen LogP contribution in [0.5, 0.6) is 0 Å². The molecule has 2 N–H and O–H groups in total. The fourth-order valence-corrected chi connectivity index (χ4v) is 4.08. The Morgan fingerprint density at radius 2 is 1.61 bits per heavy atom. The second-order valence-corrected chi connectivity index (χ2v) is 8.47. The van der Waals surface area contributed by atoms with Crippen LogP contribution in [0.25, 0.3) is 0 Å². The SMILES string of the molecule is CCn1c(CC(=O)Nc2ccc(Cl)cc2)nnc1SCC(=O)Nc1cc(C)cc(C)c1. The van der Waals surface area contributed by atoms with E-state index in [2.05, 4.69) is 26.9 Å². The molecule has 9 heteroatoms. The highest BCUT2D eigenvalue weighted by atomic mass is 35.5. The molecule has 0 atom stereocenters. The van der Waals surface area contributed by atoms with Crippen LogP contribution in [0.15, 0.2) is 47.6 Å². The van der Waals surface area contributed by atoms with Crippen molar-refractivity contribution in [3.05, 3.63) is 64.4 Å². The van der Waals surface area contributed by atoms with Crippen molar-refractivity contribution in [1.82, 2.24) is 14.8 Å². The van der Waals surface area contributed by atoms with E-state index in [9.17, 15) is 9.59 Å². The lowest BCUT2D eigenvalue weighted by Gasteiger charge is -2.09. The van der Waals surface area contributed by atoms with Gasteiger partial charge in [-0.2, -0.15) is 0 Å². The summed E-state index contributed by atoms with van der Waals surface area (Å²) in [5.41, 5.74) is 3.62. The Balaban J connectivity index is 1.58. The Bertz CT molecular complexity index is 1060. The number of nitrogens with one attached hydrogen (secondary N) is 2. The lowest BCUT2D eigenvalue weighted by molar-refractivity contribution is -0.116. The zero-order valence-electron chi connectivity index (χ0n) is 17.6. The third-order valence-electron chi connectivity index (χ3n) is 4.39. The second kappa shape index (κ2) is 10.5. The molecule has 7 nitrogen and oxygen atoms in total. The van der Waals surface area contributed by atoms with E-state index in [1.807, 2.05) is 37.5 Å². The van der Waals surface area contributed by atoms with Crippen molar-refractivity contribution in [1.29, 1.82) is 0 Å². The molecule has 0 spiro atoms. The van der Waals surface area contributed by atoms with Gasteiger partial charge in [0.2, 0.25) is 11.8 Å². The number of amides is 2. The lowest BCUT2D eigenvalue weighted by Crippen LogP contribution is -2.18. The molecule has 31 heavy (non-hydrogen) atoms. The largest absolute Gasteiger partial charge is 0.326 e. The number of benzene rings is 2. The van der Waals surface area contributed by atoms with Crippen molar-refractivity contribution in [2.45, 2.75) is 38.9 Å². The van der Waals surface area contributed by atoms with Gasteiger partial charge in [0.05, 0.1) is 12.2 Å². The maximum atomic E-state index is 12.4. The minimum Gasteiger partial charge on any atom is -0.326 e. The average molecular weight is 458 g/mol. The maximum Gasteiger partial charge on any atom is 0.234 e. The third kappa shape index (κ3) is 6.57. The Kier molecular flexibility index (Phi) is 7.70. The van der Waals surface area contributed by atoms with Gasteiger partial charge < -0.3 is 15.2 Å². The zero-order valence-corrected chi connectivity index (χ0v) is 19.2. The van der Waals surface area contributed by atoms with Crippen LogP contribution >= 0.6 is 23.4 Å². The summed E-state index contributed by atoms with van der Waals surface area (Å²) < 4.78 is 1.84. The molecule has 0 fully saturated rings. The number of aromatic nitrogens is 3. The van der Waals surface area contributed by atoms with E-state index in [0.717, 1.165) is 16.8 Å². The topological polar surface area (TPSA) is 88.9 Å². The van der Waals surface area contributed by atoms with Gasteiger partial charge in [0.25, 0.3) is 0 Å². The molecule has 0 radical (unpaired) electrons. The van der Waals surface area contributed by atoms with E-state index in [-0.39, 0.29) is 24.0 Å². The summed E-state index contributed by atoms with van der Waals surface area (Å²) in [6.07, 6.45) is 0.0821. The van der Waals surface area contributed by atoms with Crippen LogP contribution < -0.4 is 10.6 Å². The van der Waals surface area contributed by atoms with Crippen molar-refractivity contribution >= 4 is 46.6 Å². The molecule has 0 aliphatic carbocycles. The Hall–Kier alpha value is -2.84. The summed E-state index contributed by atoms with van der Waals surface area (Å²) in [5, 5.41) is 15.2. The van der Waals surface area contributed by atoms with Crippen LogP contribution in [0.3, 0.4) is 0 Å². The van der Waals surface area contributed by atoms with E-state index >= 15 is 0 Å². The molecule has 162 valence electrons. The Morgan fingerprint density at radius 1 is 0.968 bits per heavy atom. The summed E-state index contributed by atoms with van der Waals surface area (Å²) in [6, 6.07) is 12.8. The smallest absolute Gasteiger partial charge is 0.234 e. The number of hydrogen-bond donors (Lipinski definition) is 2. The quantitative estimate of drug-likeness (QED) is 0.487. The van der Waals surface area contributed by atoms with Crippen LogP contribution in [0.4, 0.5) is 11.4 Å². The minimum atomic E-state index is -0.200. The molecule has 1 aromatic heterocycles. The van der Waals surface area contributed by atoms with Crippen LogP contribution in [-0.4, -0.2) is 32.3 Å². The number of aryl methyl sites for hydroxylation is 2. The van der Waals surface area contributed by atoms with Gasteiger partial charge in [-0.1, -0.05) is 29.4 Å². The number of halogens is 1. The van der Waals surface area contributed by atoms with Crippen molar-refractivity contribution in [3.63, 3.8) is 0 Å². The molecular weight excluding hydrogens is 434 g/mol. The highest BCUT2D eigenvalue weighted by Gasteiger charge is 2.16. The van der Waals surface area contributed by atoms with E-state index < -0.39 is 0 Å². The molecule has 3 rings (SSSR count). The van der Waals surface area contributed by atoms with Gasteiger partial charge in [-0.15, -0.1) is 10.2 Å². The third-order valence-corrected chi connectivity index (χ3v) is 5.61. The van der Waals surface area contributed by atoms with Crippen molar-refractivity contribution < 1.29 is 9.59 Å². The zero-order chi connectivity index (χ0) is 22.4. The normalized spacial score (nSPS) is 10.7. The predicted molar refractivity (Wildman–Crippen MR) is 125 cm³/mol. The van der Waals surface area contributed by atoms with E-state index in [4.69, 9.17) is 11.6 Å². The fourth-order valence-electron chi connectivity index (χ4n) is 3.13. The molecular formula is C22H24ClN5O2S. The van der Waals surface area contributed by atoms with Gasteiger partial charge in [-0.25, -0.2) is 0 Å². The van der Waals surface area contributed by atoms with Crippen molar-refractivity contribution in [3.8, 4) is 0 Å². The van der Waals surface area contributed by atoms with Crippen molar-refractivity contribution in [2.24, 2.45) is 0 Å². The van der Waals surface area contributed by atoms with Gasteiger partial charge >= 0.3 is 0 Å². The van der Waals surface area contributed by atoms with Crippen molar-refractivity contribution in [2.75, 3.05) is 16.4 Å². The number of anilines is 2. The number of rotatable bonds is 8. The highest BCUT2D eigenvalue weighted by molar-refractivity contribution is 7.99. The number of carbonyl (C=O) groups is 2. The van der Waals surface area contributed by atoms with Crippen LogP contribution in [0.2, 0.25) is 5.02 Å². The first kappa shape index (κ1) is 22.8. The molecule has 2 amide bonds. The predicted octanol–water partition coefficient (Wildman–Crippen LogP) is 4.48. The Labute approximate surface area is 190 Å². The van der Waals surface area contributed by atoms with Crippen LogP contribution in [-0.2, 0) is 22.6 Å². The van der Waals surface area contributed by atoms with Crippen LogP contribution in [0.1, 0.15) is 23.9 Å². The monoisotopic (exact) mass is 457 g/mol. The van der Waals surface area contributed by atoms with Gasteiger partial charge in [0.1, 0.15) is 5.82 Å². The molecule has 0 saturated heterocycles. The first-order valence-electron chi connectivity index (χ1n) is 9.82. The van der Waals surface area contributed by atoms with Gasteiger partial charge in [-0.3, -0.25) is 9.59 Å². The maximum absolute atomic E-state index is 12.4. The van der Waals surface area contributed by atoms with E-state index in [0.29, 0.717) is 28.2 Å². The van der Waals surface area contributed by atoms with Gasteiger partial charge in [0.15, 0.2) is 5.16 Å². The molecule has 0 bridgehead atoms. The van der Waals surface area contributed by atoms with E-state index in [1.165, 1.54) is 11.8 Å². The molecule has 0 aliphatic heterocycles. The van der Waals surface area contributed by atoms with Gasteiger partial charge in [0, 0.05) is 22.9 Å². The highest BCUT2D eigenvalue weighted by Crippen LogP contribution is 2.20. The number of thioether (sulfide) groups is 1. The molecule has 0 saturated carbocycles. The number of carbonyl (C=O) groups excluding carboxylic acids is 2. The standard InChI is InChI=1S/C22H24ClN5O2S/c1-4-28-19(12-20(29)24-17-7-5-16(23)6-8-17)26-27-22(28)31-13-21(30)25-18-10-14(2)9-15(3)11-18/h5-11H,4,12-13H2,1-3H3,(H,24,29)(H,25,30). The summed E-state index contributed by atoms with van der Waals surface area (Å²) in [4.78, 5) is 24.7. The molecule has 3 aromatic rings. The fraction of sp³-hybridized carbons (Fsp3) is 0.273. The molecule has 0 aliphatic rings. The molecule has 2 aromatic carbocycles. The lowest BCUT2D eigenvalue weighted by atomic mass is 10.1. The number of hydrogen-bond acceptors (Lipinski definition) is 5. The minimum absolute atomic E-state index is 0.0821. The molecule has 0 unspecified atom stereocenters. The first-order valence-corrected chi connectivity index (χ1v) is 11.2. The number of nitrogens with zero attached hydrogens (tertiary/aromatic N) is 3. The first-order chi connectivity index (χ1) is 14.8. The summed E-state index contributed by atoms with van der Waals surface area (Å²) in [5.74, 6) is 0.421. The van der Waals surface area contributed by atoms with Gasteiger partial charge in [-0.05, 0) is 68.3 Å². The van der Waals surface area contributed by atoms with E-state index in [1.54, 1.807) is 24.3 Å². The molecule has 1 heterocycles. The summed E-state index contributed by atoms with van der Waals surface area (Å²) in [7, 11) is 0. The second-order valence-electron chi connectivity index (χ2n) is 7.09. The summed E-state index contributed by atoms with van der Waals surface area (Å²) in [6.45, 7) is 6.53. The summed E-state index contributed by atoms with van der Waals surface area (Å²) >= 11 is 7.16. The average Bonchev–Trinajstić information content (AvgIpc) is 3.08.